The van der Waals surface area contributed by atoms with E-state index in [9.17, 15) is 17.8 Å². The summed E-state index contributed by atoms with van der Waals surface area (Å²) in [5.74, 6) is -2.28. The Bertz CT molecular complexity index is 684. The van der Waals surface area contributed by atoms with Crippen molar-refractivity contribution in [3.63, 3.8) is 0 Å². The van der Waals surface area contributed by atoms with Gasteiger partial charge in [0.15, 0.2) is 0 Å². The van der Waals surface area contributed by atoms with Crippen molar-refractivity contribution in [2.24, 2.45) is 0 Å². The molecule has 0 bridgehead atoms. The van der Waals surface area contributed by atoms with Crippen molar-refractivity contribution in [1.29, 1.82) is 0 Å². The Morgan fingerprint density at radius 2 is 1.76 bits per heavy atom. The van der Waals surface area contributed by atoms with E-state index in [4.69, 9.17) is 5.11 Å². The average Bonchev–Trinajstić information content (AvgIpc) is 2.43. The summed E-state index contributed by atoms with van der Waals surface area (Å²) in [7, 11) is -1.53. The quantitative estimate of drug-likeness (QED) is 0.924. The number of carbonyl (C=O) groups is 1. The maximum absolute atomic E-state index is 13.5. The molecular weight excluding hydrogens is 298 g/mol. The molecule has 21 heavy (non-hydrogen) atoms. The van der Waals surface area contributed by atoms with Crippen LogP contribution in [0.4, 0.5) is 8.78 Å². The van der Waals surface area contributed by atoms with Crippen LogP contribution in [0, 0.1) is 11.6 Å². The molecule has 2 aromatic rings. The van der Waals surface area contributed by atoms with Gasteiger partial charge in [-0.2, -0.15) is 0 Å². The van der Waals surface area contributed by atoms with E-state index in [0.717, 1.165) is 18.2 Å². The molecule has 0 aliphatic rings. The Hall–Kier alpha value is -2.08. The first-order chi connectivity index (χ1) is 9.95. The van der Waals surface area contributed by atoms with Gasteiger partial charge < -0.3 is 5.11 Å². The fourth-order valence-electron chi connectivity index (χ4n) is 1.81. The first-order valence-corrected chi connectivity index (χ1v) is 7.40. The van der Waals surface area contributed by atoms with E-state index in [2.05, 4.69) is 0 Å². The lowest BCUT2D eigenvalue weighted by atomic mass is 10.2. The zero-order valence-corrected chi connectivity index (χ0v) is 11.7. The van der Waals surface area contributed by atoms with Crippen molar-refractivity contribution < 1.29 is 22.9 Å². The largest absolute Gasteiger partial charge is 0.481 e. The van der Waals surface area contributed by atoms with E-state index in [0.29, 0.717) is 10.5 Å². The lowest BCUT2D eigenvalue weighted by molar-refractivity contribution is -0.136. The minimum Gasteiger partial charge on any atom is -0.481 e. The van der Waals surface area contributed by atoms with E-state index in [-0.39, 0.29) is 17.7 Å². The van der Waals surface area contributed by atoms with Crippen LogP contribution in [0.1, 0.15) is 11.1 Å². The Morgan fingerprint density at radius 3 is 2.38 bits per heavy atom. The molecule has 0 spiro atoms. The van der Waals surface area contributed by atoms with Crippen LogP contribution in [-0.2, 0) is 27.8 Å². The molecule has 0 heterocycles. The monoisotopic (exact) mass is 310 g/mol. The molecule has 0 saturated carbocycles. The molecule has 110 valence electrons. The minimum atomic E-state index is -1.53. The Balaban J connectivity index is 2.13. The van der Waals surface area contributed by atoms with Crippen LogP contribution < -0.4 is 0 Å². The third-order valence-corrected chi connectivity index (χ3v) is 4.21. The highest BCUT2D eigenvalue weighted by Crippen LogP contribution is 2.17. The lowest BCUT2D eigenvalue weighted by Crippen LogP contribution is -2.02. The van der Waals surface area contributed by atoms with E-state index in [1.165, 1.54) is 12.1 Å². The van der Waals surface area contributed by atoms with Crippen LogP contribution in [0.25, 0.3) is 0 Å². The molecule has 1 unspecified atom stereocenters. The summed E-state index contributed by atoms with van der Waals surface area (Å²) in [6.07, 6.45) is -0.120. The smallest absolute Gasteiger partial charge is 0.307 e. The van der Waals surface area contributed by atoms with Gasteiger partial charge in [-0.25, -0.2) is 8.78 Å². The summed E-state index contributed by atoms with van der Waals surface area (Å²) in [4.78, 5) is 11.0. The van der Waals surface area contributed by atoms with Crippen LogP contribution in [0.15, 0.2) is 47.4 Å². The van der Waals surface area contributed by atoms with Crippen LogP contribution >= 0.6 is 0 Å². The number of halogens is 2. The predicted octanol–water partition coefficient (Wildman–Crippen LogP) is 2.90. The summed E-state index contributed by atoms with van der Waals surface area (Å²) < 4.78 is 38.7. The summed E-state index contributed by atoms with van der Waals surface area (Å²) in [6.45, 7) is 0. The highest BCUT2D eigenvalue weighted by Gasteiger charge is 2.10. The van der Waals surface area contributed by atoms with Gasteiger partial charge in [-0.3, -0.25) is 9.00 Å². The molecule has 3 nitrogen and oxygen atoms in total. The van der Waals surface area contributed by atoms with Crippen LogP contribution in [-0.4, -0.2) is 15.3 Å². The SMILES string of the molecule is O=C(O)Cc1ccc(S(=O)Cc2cc(F)ccc2F)cc1. The Morgan fingerprint density at radius 1 is 1.10 bits per heavy atom. The van der Waals surface area contributed by atoms with Gasteiger partial charge in [0, 0.05) is 10.5 Å². The van der Waals surface area contributed by atoms with E-state index >= 15 is 0 Å². The molecule has 1 N–H and O–H groups in total. The summed E-state index contributed by atoms with van der Waals surface area (Å²) in [6, 6.07) is 9.20. The zero-order valence-electron chi connectivity index (χ0n) is 10.9. The van der Waals surface area contributed by atoms with Crippen molar-refractivity contribution in [2.45, 2.75) is 17.1 Å². The number of aliphatic carboxylic acids is 1. The molecule has 0 fully saturated rings. The van der Waals surface area contributed by atoms with Crippen molar-refractivity contribution in [1.82, 2.24) is 0 Å². The van der Waals surface area contributed by atoms with Crippen molar-refractivity contribution in [2.75, 3.05) is 0 Å². The van der Waals surface area contributed by atoms with Gasteiger partial charge in [0.2, 0.25) is 0 Å². The zero-order chi connectivity index (χ0) is 15.4. The molecule has 0 radical (unpaired) electrons. The highest BCUT2D eigenvalue weighted by atomic mass is 32.2. The number of hydrogen-bond donors (Lipinski definition) is 1. The predicted molar refractivity (Wildman–Crippen MR) is 74.3 cm³/mol. The third kappa shape index (κ3) is 4.19. The average molecular weight is 310 g/mol. The number of rotatable bonds is 5. The molecule has 0 amide bonds. The summed E-state index contributed by atoms with van der Waals surface area (Å²) in [5, 5.41) is 8.66. The standard InChI is InChI=1S/C15H12F2O3S/c16-12-3-6-14(17)11(8-12)9-21(20)13-4-1-10(2-5-13)7-15(18)19/h1-6,8H,7,9H2,(H,18,19). The van der Waals surface area contributed by atoms with E-state index in [1.54, 1.807) is 12.1 Å². The van der Waals surface area contributed by atoms with Gasteiger partial charge in [0.25, 0.3) is 0 Å². The maximum Gasteiger partial charge on any atom is 0.307 e. The van der Waals surface area contributed by atoms with Crippen molar-refractivity contribution in [3.8, 4) is 0 Å². The Labute approximate surface area is 122 Å². The maximum atomic E-state index is 13.5. The molecule has 1 atom stereocenters. The first-order valence-electron chi connectivity index (χ1n) is 6.09. The summed E-state index contributed by atoms with van der Waals surface area (Å²) in [5.41, 5.74) is 0.628. The van der Waals surface area contributed by atoms with Crippen molar-refractivity contribution >= 4 is 16.8 Å². The molecule has 0 saturated heterocycles. The normalized spacial score (nSPS) is 12.1. The van der Waals surface area contributed by atoms with Gasteiger partial charge in [-0.1, -0.05) is 12.1 Å². The Kier molecular flexibility index (Phi) is 4.80. The fraction of sp³-hybridized carbons (Fsp3) is 0.133. The lowest BCUT2D eigenvalue weighted by Gasteiger charge is -2.05. The minimum absolute atomic E-state index is 0.0444. The van der Waals surface area contributed by atoms with Crippen LogP contribution in [0.2, 0.25) is 0 Å². The summed E-state index contributed by atoms with van der Waals surface area (Å²) >= 11 is 0. The van der Waals surface area contributed by atoms with Gasteiger partial charge in [-0.05, 0) is 35.9 Å². The molecule has 0 aliphatic carbocycles. The van der Waals surface area contributed by atoms with E-state index < -0.39 is 28.4 Å². The first kappa shape index (κ1) is 15.3. The van der Waals surface area contributed by atoms with Crippen LogP contribution in [0.5, 0.6) is 0 Å². The van der Waals surface area contributed by atoms with Gasteiger partial charge >= 0.3 is 5.97 Å². The number of carboxylic acids is 1. The number of carboxylic acid groups (broad SMARTS) is 1. The van der Waals surface area contributed by atoms with Crippen molar-refractivity contribution in [3.05, 3.63) is 65.2 Å². The van der Waals surface area contributed by atoms with Crippen LogP contribution in [0.3, 0.4) is 0 Å². The molecule has 6 heteroatoms. The molecule has 0 aliphatic heterocycles. The second-order valence-corrected chi connectivity index (χ2v) is 5.89. The topological polar surface area (TPSA) is 54.4 Å². The van der Waals surface area contributed by atoms with Gasteiger partial charge in [0.1, 0.15) is 11.6 Å². The second kappa shape index (κ2) is 6.58. The second-order valence-electron chi connectivity index (χ2n) is 4.44. The molecule has 2 rings (SSSR count). The molecule has 0 aromatic heterocycles. The van der Waals surface area contributed by atoms with Gasteiger partial charge in [0.05, 0.1) is 23.0 Å². The van der Waals surface area contributed by atoms with E-state index in [1.807, 2.05) is 0 Å². The van der Waals surface area contributed by atoms with Gasteiger partial charge in [-0.15, -0.1) is 0 Å². The fourth-order valence-corrected chi connectivity index (χ4v) is 2.92. The number of benzene rings is 2. The molecular formula is C15H12F2O3S. The number of hydrogen-bond acceptors (Lipinski definition) is 2. The molecule has 2 aromatic carbocycles. The third-order valence-electron chi connectivity index (χ3n) is 2.84. The highest BCUT2D eigenvalue weighted by molar-refractivity contribution is 7.84.